The van der Waals surface area contributed by atoms with Gasteiger partial charge < -0.3 is 5.73 Å². The molecular formula is C11H19NS. The number of hydrogen-bond donors (Lipinski definition) is 1. The summed E-state index contributed by atoms with van der Waals surface area (Å²) in [5.41, 5.74) is 5.52. The lowest BCUT2D eigenvalue weighted by Gasteiger charge is -2.06. The highest BCUT2D eigenvalue weighted by atomic mass is 32.1. The van der Waals surface area contributed by atoms with Crippen molar-refractivity contribution >= 4 is 11.3 Å². The van der Waals surface area contributed by atoms with Gasteiger partial charge in [0.15, 0.2) is 0 Å². The third-order valence-electron chi connectivity index (χ3n) is 2.27. The number of nitrogens with two attached hydrogens (primary N) is 1. The molecular weight excluding hydrogens is 178 g/mol. The van der Waals surface area contributed by atoms with Crippen molar-refractivity contribution in [2.45, 2.75) is 33.1 Å². The molecule has 0 amide bonds. The first-order chi connectivity index (χ1) is 6.26. The van der Waals surface area contributed by atoms with Gasteiger partial charge in [-0.05, 0) is 43.9 Å². The average molecular weight is 197 g/mol. The molecule has 0 spiro atoms. The molecule has 0 saturated heterocycles. The monoisotopic (exact) mass is 197 g/mol. The Balaban J connectivity index is 2.44. The fourth-order valence-electron chi connectivity index (χ4n) is 1.45. The van der Waals surface area contributed by atoms with E-state index in [4.69, 9.17) is 5.73 Å². The molecule has 0 fully saturated rings. The topological polar surface area (TPSA) is 26.0 Å². The van der Waals surface area contributed by atoms with Gasteiger partial charge in [-0.15, -0.1) is 11.3 Å². The van der Waals surface area contributed by atoms with Crippen molar-refractivity contribution in [2.24, 2.45) is 11.7 Å². The van der Waals surface area contributed by atoms with Gasteiger partial charge >= 0.3 is 0 Å². The van der Waals surface area contributed by atoms with Crippen LogP contribution in [0.2, 0.25) is 0 Å². The maximum atomic E-state index is 5.52. The molecule has 0 aliphatic carbocycles. The average Bonchev–Trinajstić information content (AvgIpc) is 2.52. The third-order valence-corrected chi connectivity index (χ3v) is 3.53. The predicted octanol–water partition coefficient (Wildman–Crippen LogP) is 2.84. The molecule has 74 valence electrons. The summed E-state index contributed by atoms with van der Waals surface area (Å²) in [6.45, 7) is 5.30. The molecule has 1 atom stereocenters. The second kappa shape index (κ2) is 5.40. The molecule has 2 heteroatoms. The van der Waals surface area contributed by atoms with E-state index in [1.807, 2.05) is 11.3 Å². The fraction of sp³-hybridized carbons (Fsp3) is 0.636. The molecule has 2 N–H and O–H groups in total. The first-order valence-corrected chi connectivity index (χ1v) is 5.85. The minimum atomic E-state index is 0.730. The summed E-state index contributed by atoms with van der Waals surface area (Å²) >= 11 is 1.95. The van der Waals surface area contributed by atoms with E-state index in [9.17, 15) is 0 Å². The molecule has 1 heterocycles. The van der Waals surface area contributed by atoms with Gasteiger partial charge in [0, 0.05) is 9.75 Å². The summed E-state index contributed by atoms with van der Waals surface area (Å²) in [6.07, 6.45) is 3.50. The smallest absolute Gasteiger partial charge is 0.00508 e. The molecule has 0 aliphatic rings. The Labute approximate surface area is 85.0 Å². The van der Waals surface area contributed by atoms with Crippen LogP contribution >= 0.6 is 11.3 Å². The number of hydrogen-bond acceptors (Lipinski definition) is 2. The van der Waals surface area contributed by atoms with Crippen LogP contribution in [-0.2, 0) is 12.8 Å². The Hall–Kier alpha value is -0.340. The first-order valence-electron chi connectivity index (χ1n) is 5.04. The highest BCUT2D eigenvalue weighted by molar-refractivity contribution is 7.11. The van der Waals surface area contributed by atoms with E-state index in [1.54, 1.807) is 0 Å². The molecule has 0 aromatic carbocycles. The van der Waals surface area contributed by atoms with Gasteiger partial charge in [0.25, 0.3) is 0 Å². The number of thiophene rings is 1. The van der Waals surface area contributed by atoms with Crippen molar-refractivity contribution in [1.82, 2.24) is 0 Å². The minimum Gasteiger partial charge on any atom is -0.330 e. The summed E-state index contributed by atoms with van der Waals surface area (Å²) < 4.78 is 0. The Morgan fingerprint density at radius 2 is 2.08 bits per heavy atom. The standard InChI is InChI=1S/C11H19NS/c1-3-10-4-5-11(13-10)8-9(2)6-7-12/h4-5,9H,3,6-8,12H2,1-2H3. The zero-order chi connectivity index (χ0) is 9.68. The second-order valence-corrected chi connectivity index (χ2v) is 4.86. The van der Waals surface area contributed by atoms with E-state index in [-0.39, 0.29) is 0 Å². The Kier molecular flexibility index (Phi) is 4.46. The van der Waals surface area contributed by atoms with Gasteiger partial charge in [0.2, 0.25) is 0 Å². The normalized spacial score (nSPS) is 13.2. The summed E-state index contributed by atoms with van der Waals surface area (Å²) in [4.78, 5) is 3.01. The maximum Gasteiger partial charge on any atom is 0.00508 e. The van der Waals surface area contributed by atoms with Crippen LogP contribution in [0.5, 0.6) is 0 Å². The maximum absolute atomic E-state index is 5.52. The van der Waals surface area contributed by atoms with Crippen LogP contribution in [0, 0.1) is 5.92 Å². The molecule has 1 unspecified atom stereocenters. The molecule has 1 aromatic heterocycles. The van der Waals surface area contributed by atoms with Crippen molar-refractivity contribution in [2.75, 3.05) is 6.54 Å². The van der Waals surface area contributed by atoms with Gasteiger partial charge in [0.1, 0.15) is 0 Å². The molecule has 1 rings (SSSR count). The van der Waals surface area contributed by atoms with Crippen LogP contribution in [0.1, 0.15) is 30.0 Å². The first kappa shape index (κ1) is 10.7. The van der Waals surface area contributed by atoms with Crippen molar-refractivity contribution < 1.29 is 0 Å². The van der Waals surface area contributed by atoms with Gasteiger partial charge in [-0.3, -0.25) is 0 Å². The van der Waals surface area contributed by atoms with Gasteiger partial charge in [0.05, 0.1) is 0 Å². The Morgan fingerprint density at radius 3 is 2.62 bits per heavy atom. The zero-order valence-electron chi connectivity index (χ0n) is 8.55. The summed E-state index contributed by atoms with van der Waals surface area (Å²) in [5, 5.41) is 0. The van der Waals surface area contributed by atoms with Crippen molar-refractivity contribution in [1.29, 1.82) is 0 Å². The van der Waals surface area contributed by atoms with E-state index in [1.165, 1.54) is 16.2 Å². The molecule has 13 heavy (non-hydrogen) atoms. The Morgan fingerprint density at radius 1 is 1.38 bits per heavy atom. The summed E-state index contributed by atoms with van der Waals surface area (Å²) in [7, 11) is 0. The predicted molar refractivity (Wildman–Crippen MR) is 60.2 cm³/mol. The molecule has 1 nitrogen and oxygen atoms in total. The van der Waals surface area contributed by atoms with E-state index in [0.29, 0.717) is 0 Å². The lowest BCUT2D eigenvalue weighted by molar-refractivity contribution is 0.542. The van der Waals surface area contributed by atoms with Crippen LogP contribution < -0.4 is 5.73 Å². The highest BCUT2D eigenvalue weighted by Crippen LogP contribution is 2.21. The van der Waals surface area contributed by atoms with Gasteiger partial charge in [-0.2, -0.15) is 0 Å². The van der Waals surface area contributed by atoms with E-state index in [2.05, 4.69) is 26.0 Å². The fourth-order valence-corrected chi connectivity index (χ4v) is 2.57. The van der Waals surface area contributed by atoms with Crippen LogP contribution in [0.4, 0.5) is 0 Å². The molecule has 0 radical (unpaired) electrons. The largest absolute Gasteiger partial charge is 0.330 e. The minimum absolute atomic E-state index is 0.730. The molecule has 1 aromatic rings. The van der Waals surface area contributed by atoms with E-state index in [0.717, 1.165) is 25.3 Å². The zero-order valence-corrected chi connectivity index (χ0v) is 9.36. The van der Waals surface area contributed by atoms with Crippen molar-refractivity contribution in [3.05, 3.63) is 21.9 Å². The van der Waals surface area contributed by atoms with Crippen LogP contribution in [0.25, 0.3) is 0 Å². The lowest BCUT2D eigenvalue weighted by atomic mass is 10.0. The van der Waals surface area contributed by atoms with Crippen molar-refractivity contribution in [3.63, 3.8) is 0 Å². The SMILES string of the molecule is CCc1ccc(CC(C)CCN)s1. The third kappa shape index (κ3) is 3.49. The number of aryl methyl sites for hydroxylation is 1. The van der Waals surface area contributed by atoms with Gasteiger partial charge in [-0.1, -0.05) is 13.8 Å². The van der Waals surface area contributed by atoms with E-state index < -0.39 is 0 Å². The van der Waals surface area contributed by atoms with Crippen LogP contribution in [0.15, 0.2) is 12.1 Å². The van der Waals surface area contributed by atoms with Crippen LogP contribution in [-0.4, -0.2) is 6.54 Å². The molecule has 0 aliphatic heterocycles. The molecule has 0 saturated carbocycles. The van der Waals surface area contributed by atoms with Crippen molar-refractivity contribution in [3.8, 4) is 0 Å². The van der Waals surface area contributed by atoms with Gasteiger partial charge in [-0.25, -0.2) is 0 Å². The second-order valence-electron chi connectivity index (χ2n) is 3.61. The van der Waals surface area contributed by atoms with E-state index >= 15 is 0 Å². The summed E-state index contributed by atoms with van der Waals surface area (Å²) in [5.74, 6) is 0.730. The quantitative estimate of drug-likeness (QED) is 0.771. The van der Waals surface area contributed by atoms with Crippen LogP contribution in [0.3, 0.4) is 0 Å². The highest BCUT2D eigenvalue weighted by Gasteiger charge is 2.04. The lowest BCUT2D eigenvalue weighted by Crippen LogP contribution is -2.07. The molecule has 0 bridgehead atoms. The summed E-state index contributed by atoms with van der Waals surface area (Å²) in [6, 6.07) is 4.51. The number of rotatable bonds is 5. The Bertz CT molecular complexity index is 242.